The van der Waals surface area contributed by atoms with E-state index in [9.17, 15) is 25.5 Å². The minimum atomic E-state index is -3.55. The maximum absolute atomic E-state index is 11.2. The Morgan fingerprint density at radius 2 is 0.504 bits per heavy atom. The lowest BCUT2D eigenvalue weighted by Gasteiger charge is -2.47. The van der Waals surface area contributed by atoms with Crippen LogP contribution in [0.3, 0.4) is 0 Å². The highest BCUT2D eigenvalue weighted by Crippen LogP contribution is 2.52. The van der Waals surface area contributed by atoms with Crippen LogP contribution in [0, 0.1) is 57.2 Å². The van der Waals surface area contributed by atoms with Gasteiger partial charge in [-0.15, -0.1) is 0 Å². The van der Waals surface area contributed by atoms with Gasteiger partial charge >= 0.3 is 0 Å². The zero-order valence-corrected chi connectivity index (χ0v) is 67.8. The van der Waals surface area contributed by atoms with Crippen LogP contribution in [0.4, 0.5) is 0 Å². The second-order valence-electron chi connectivity index (χ2n) is 30.7. The van der Waals surface area contributed by atoms with E-state index in [1.165, 1.54) is 71.9 Å². The summed E-state index contributed by atoms with van der Waals surface area (Å²) in [5, 5.41) is 55.6. The Bertz CT molecular complexity index is 6930. The zero-order valence-electron chi connectivity index (χ0n) is 139. The molecule has 0 bridgehead atoms. The van der Waals surface area contributed by atoms with Gasteiger partial charge in [0.1, 0.15) is 0 Å². The Labute approximate surface area is 814 Å². The topological polar surface area (TPSA) is 210 Å². The van der Waals surface area contributed by atoms with E-state index >= 15 is 0 Å². The van der Waals surface area contributed by atoms with Crippen molar-refractivity contribution in [1.82, 2.24) is 24.5 Å². The first-order chi connectivity index (χ1) is 84.2. The van der Waals surface area contributed by atoms with Gasteiger partial charge in [0.25, 0.3) is 0 Å². The molecule has 10 heterocycles. The number of ether oxygens (including phenoxy) is 10. The lowest BCUT2D eigenvalue weighted by Crippen LogP contribution is -2.48. The number of hydrogen-bond donors (Lipinski definition) is 5. The van der Waals surface area contributed by atoms with Crippen LogP contribution in [0.25, 0.3) is 0 Å². The van der Waals surface area contributed by atoms with E-state index in [1.54, 1.807) is 0 Å². The molecule has 664 valence electrons. The normalized spacial score (nSPS) is 44.2. The molecule has 5 saturated heterocycles. The van der Waals surface area contributed by atoms with Crippen molar-refractivity contribution >= 4 is 0 Å². The van der Waals surface area contributed by atoms with E-state index in [-0.39, 0.29) is 114 Å². The summed E-state index contributed by atoms with van der Waals surface area (Å²) in [5.41, 5.74) is -14.2. The summed E-state index contributed by atoms with van der Waals surface area (Å²) >= 11 is 0. The van der Waals surface area contributed by atoms with E-state index in [0.29, 0.717) is 53.7 Å². The van der Waals surface area contributed by atoms with Gasteiger partial charge in [0, 0.05) is 180 Å². The molecule has 0 spiro atoms. The van der Waals surface area contributed by atoms with Gasteiger partial charge < -0.3 is 72.9 Å². The average Bonchev–Trinajstić information content (AvgIpc) is 0.684. The van der Waals surface area contributed by atoms with Crippen molar-refractivity contribution in [2.24, 2.45) is 57.2 Å². The Morgan fingerprint density at radius 1 is 0.319 bits per heavy atom. The maximum Gasteiger partial charge on any atom is 0.161 e. The second-order valence-corrected chi connectivity index (χ2v) is 30.7. The first-order valence-corrected chi connectivity index (χ1v) is 37.9. The van der Waals surface area contributed by atoms with Crippen molar-refractivity contribution in [3.05, 3.63) is 116 Å². The van der Waals surface area contributed by atoms with Crippen molar-refractivity contribution in [3.8, 4) is 57.5 Å². The molecule has 119 heavy (non-hydrogen) atoms. The third-order valence-corrected chi connectivity index (χ3v) is 20.6. The molecule has 5 fully saturated rings. The molecular weight excluding hydrogens is 1500 g/mol. The fourth-order valence-electron chi connectivity index (χ4n) is 15.2. The molecule has 5 aromatic carbocycles. The predicted molar refractivity (Wildman–Crippen MR) is 474 cm³/mol. The van der Waals surface area contributed by atoms with Crippen LogP contribution in [0.15, 0.2) is 60.7 Å². The number of fused-ring (bicyclic) bond motifs is 15. The third-order valence-electron chi connectivity index (χ3n) is 20.6. The van der Waals surface area contributed by atoms with Crippen molar-refractivity contribution in [1.29, 1.82) is 0 Å². The molecule has 0 amide bonds. The minimum Gasteiger partial charge on any atom is -0.493 e. The number of piperidine rings is 5. The largest absolute Gasteiger partial charge is 0.493 e. The van der Waals surface area contributed by atoms with Gasteiger partial charge in [-0.3, -0.25) is 24.5 Å². The van der Waals surface area contributed by atoms with Gasteiger partial charge in [-0.1, -0.05) is 96.4 Å². The van der Waals surface area contributed by atoms with Crippen LogP contribution in [0.2, 0.25) is 0 Å². The van der Waals surface area contributed by atoms with E-state index in [4.69, 9.17) is 145 Å². The molecule has 0 aromatic heterocycles. The summed E-state index contributed by atoms with van der Waals surface area (Å²) in [6.45, 7) is -53.3. The molecule has 5 aromatic rings. The Kier molecular flexibility index (Phi) is 12.5. The smallest absolute Gasteiger partial charge is 0.161 e. The highest BCUT2D eigenvalue weighted by Gasteiger charge is 2.46. The summed E-state index contributed by atoms with van der Waals surface area (Å²) in [5.74, 6) is -11.9. The summed E-state index contributed by atoms with van der Waals surface area (Å²) in [6.07, 6.45) is -40.2. The third kappa shape index (κ3) is 22.8. The fraction of sp³-hybridized carbons (Fsp3) is 0.697. The van der Waals surface area contributed by atoms with E-state index in [0.717, 1.165) is 43.4 Å². The van der Waals surface area contributed by atoms with Crippen LogP contribution in [-0.4, -0.2) is 216 Å². The second kappa shape index (κ2) is 39.7. The number of methoxy groups -OCH3 is 10. The summed E-state index contributed by atoms with van der Waals surface area (Å²) in [4.78, 5) is 2.41. The van der Waals surface area contributed by atoms with E-state index in [2.05, 4.69) is 0 Å². The SMILES string of the molecule is [2H]C([2H])([2H])Oc1cc2c(cc1OC)C([2H])([2H])C([2H])([2H])N1C2CC(O)C(C([2H])([2H])C(C)(C([2H])([2H])[2H])C([2H])([2H])[2H])C1([2H])[2H].[2H]C([2H])([2H])Oc1cc2c(cc1OC)C([2H])([2H])C([2H])([2H])N1C2CC(O)C(C([2H])([2H])C(C)(C([2H])([2H])[2H])C([2H])([2H])[2H])C1([2H])[2H].[2H]C([2H])([2H])Oc1cc2c(cc1OC)C([2H])([2H])C([2H])([2H])N1C2CC(O)C(CC(C)C)C1([2H])[2H].[2H]C1([2H])C(C([2H])([2H])C(C)(C([2H])([2H])[2H])C([2H])([2H])[2H])C(O)CC2c3cc(OC)c(OC)cc3C([2H])([2H])C([2H])([2H])N21.[2H]C1([2H])C(C([2H])([2H])C(C)(C([2H])([2H])[2H])C([2H])([2H])[2H])C(O)CC2c3cc(OC)c(OC)cc3C([2H])([2H])C([2H])([2H])N21. The molecule has 20 heteroatoms. The van der Waals surface area contributed by atoms with Crippen molar-refractivity contribution in [2.75, 3.05) is 136 Å². The lowest BCUT2D eigenvalue weighted by atomic mass is 9.75. The van der Waals surface area contributed by atoms with Gasteiger partial charge in [-0.25, -0.2) is 0 Å². The Morgan fingerprint density at radius 3 is 0.689 bits per heavy atom. The fourth-order valence-corrected chi connectivity index (χ4v) is 15.2. The summed E-state index contributed by atoms with van der Waals surface area (Å²) in [6, 6.07) is 4.71. The number of benzene rings is 5. The lowest BCUT2D eigenvalue weighted by molar-refractivity contribution is -0.0259. The van der Waals surface area contributed by atoms with Crippen LogP contribution in [0.5, 0.6) is 57.5 Å². The van der Waals surface area contributed by atoms with Crippen LogP contribution in [0.1, 0.15) is 344 Å². The van der Waals surface area contributed by atoms with Gasteiger partial charge in [0.2, 0.25) is 0 Å². The van der Waals surface area contributed by atoms with Crippen molar-refractivity contribution in [2.45, 2.75) is 253 Å². The van der Waals surface area contributed by atoms with Crippen LogP contribution >= 0.6 is 0 Å². The summed E-state index contributed by atoms with van der Waals surface area (Å²) < 4.78 is 639. The first kappa shape index (κ1) is 37.5. The van der Waals surface area contributed by atoms with Crippen LogP contribution < -0.4 is 47.4 Å². The highest BCUT2D eigenvalue weighted by atomic mass is 16.5. The van der Waals surface area contributed by atoms with Crippen molar-refractivity contribution in [3.63, 3.8) is 0 Å². The number of hydrogen-bond acceptors (Lipinski definition) is 20. The summed E-state index contributed by atoms with van der Waals surface area (Å²) in [7, 11) is -0.0735. The van der Waals surface area contributed by atoms with Gasteiger partial charge in [-0.05, 0) is 269 Å². The number of aryl methyl sites for hydroxylation is 5. The molecule has 0 radical (unpaired) electrons. The van der Waals surface area contributed by atoms with Gasteiger partial charge in [0.05, 0.1) is 114 Å². The standard InChI is InChI=1S/4C20H31NO3.C19H29NO3/c4*1-20(2,3)11-14-12-21-7-6-13-8-18(23-4)19(24-5)9-15(13)16(21)10-17(14)22;1-12(2)7-14-11-20-6-5-13-8-18(22-3)19(23-4)9-15(13)16(20)10-17(14)21/h4*8-9,14,16-17,22H,6-7,10-12H2,1-5H3;8-9,12,14,16-17,21H,5-7,10-11H2,1-4H3/i2*1D3,2D3,5D3,6D2,7D2,11D2,12D2;2*1D3,2D3,6D2,7D2,11D2,12D2;4D3,5D2,6D2,11D2. The number of aliphatic hydroxyl groups excluding tert-OH is 5. The molecule has 10 aliphatic heterocycles. The zero-order chi connectivity index (χ0) is 148. The Hall–Kier alpha value is -6.30. The molecule has 0 aliphatic carbocycles. The molecular formula is C99H153N5O15. The molecule has 5 N–H and O–H groups in total. The van der Waals surface area contributed by atoms with Crippen molar-refractivity contribution < 1.29 is 170 Å². The quantitative estimate of drug-likeness (QED) is 0.0622. The molecule has 10 aliphatic rings. The number of aliphatic hydroxyl groups is 5. The maximum atomic E-state index is 11.2. The Balaban J connectivity index is 0.000000220. The number of rotatable bonds is 16. The van der Waals surface area contributed by atoms with Gasteiger partial charge in [0.15, 0.2) is 57.5 Å². The number of nitrogens with zero attached hydrogens (tertiary/aromatic N) is 5. The monoisotopic (exact) mass is 1720 g/mol. The first-order valence-electron chi connectivity index (χ1n) is 73.4. The molecule has 15 rings (SSSR count). The predicted octanol–water partition coefficient (Wildman–Crippen LogP) is 16.7. The minimum absolute atomic E-state index is 0.0320. The van der Waals surface area contributed by atoms with E-state index < -0.39 is 347 Å². The molecule has 0 saturated carbocycles. The molecule has 15 atom stereocenters. The van der Waals surface area contributed by atoms with Crippen LogP contribution in [-0.2, 0) is 31.9 Å². The molecule has 15 unspecified atom stereocenters. The molecule has 20 nitrogen and oxygen atoms in total. The highest BCUT2D eigenvalue weighted by molar-refractivity contribution is 5.54. The average molecular weight is 1720 g/mol. The van der Waals surface area contributed by atoms with E-state index in [1.807, 2.05) is 13.8 Å². The van der Waals surface area contributed by atoms with Gasteiger partial charge in [-0.2, -0.15) is 0 Å².